The molecule has 0 aromatic heterocycles. The summed E-state index contributed by atoms with van der Waals surface area (Å²) in [5, 5.41) is 0. The minimum atomic E-state index is -0.0441. The van der Waals surface area contributed by atoms with Gasteiger partial charge in [0.05, 0.1) is 0 Å². The molecule has 0 aliphatic heterocycles. The van der Waals surface area contributed by atoms with Crippen LogP contribution < -0.4 is 0 Å². The van der Waals surface area contributed by atoms with Crippen LogP contribution in [0.25, 0.3) is 0 Å². The molecule has 0 bridgehead atoms. The van der Waals surface area contributed by atoms with E-state index in [0.717, 1.165) is 13.0 Å². The van der Waals surface area contributed by atoms with Crippen LogP contribution in [-0.4, -0.2) is 47.8 Å². The Balaban J connectivity index is 4.06. The summed E-state index contributed by atoms with van der Waals surface area (Å²) >= 11 is 0. The van der Waals surface area contributed by atoms with Crippen molar-refractivity contribution in [2.45, 2.75) is 33.6 Å². The fourth-order valence-corrected chi connectivity index (χ4v) is 1.69. The molecule has 0 unspecified atom stereocenters. The van der Waals surface area contributed by atoms with E-state index in [2.05, 4.69) is 6.58 Å². The van der Waals surface area contributed by atoms with Gasteiger partial charge in [-0.15, -0.1) is 0 Å². The molecule has 0 N–H and O–H groups in total. The second kappa shape index (κ2) is 8.79. The van der Waals surface area contributed by atoms with Gasteiger partial charge in [0.2, 0.25) is 11.8 Å². The summed E-state index contributed by atoms with van der Waals surface area (Å²) < 4.78 is 0. The Hall–Kier alpha value is -1.32. The lowest BCUT2D eigenvalue weighted by molar-refractivity contribution is -0.130. The second-order valence-corrected chi connectivity index (χ2v) is 3.80. The number of rotatable bonds is 8. The Morgan fingerprint density at radius 2 is 1.59 bits per heavy atom. The predicted molar refractivity (Wildman–Crippen MR) is 69.6 cm³/mol. The van der Waals surface area contributed by atoms with Crippen molar-refractivity contribution < 1.29 is 9.59 Å². The molecule has 4 heteroatoms. The molecule has 0 aromatic carbocycles. The van der Waals surface area contributed by atoms with E-state index in [1.165, 1.54) is 6.08 Å². The highest BCUT2D eigenvalue weighted by Crippen LogP contribution is 1.99. The van der Waals surface area contributed by atoms with Crippen LogP contribution in [0.2, 0.25) is 0 Å². The van der Waals surface area contributed by atoms with Crippen LogP contribution in [0.4, 0.5) is 0 Å². The zero-order valence-corrected chi connectivity index (χ0v) is 11.2. The van der Waals surface area contributed by atoms with Gasteiger partial charge in [-0.1, -0.05) is 13.5 Å². The van der Waals surface area contributed by atoms with Crippen LogP contribution in [0, 0.1) is 0 Å². The van der Waals surface area contributed by atoms with E-state index in [1.54, 1.807) is 4.90 Å². The molecule has 0 rings (SSSR count). The zero-order valence-electron chi connectivity index (χ0n) is 11.2. The molecular weight excluding hydrogens is 216 g/mol. The summed E-state index contributed by atoms with van der Waals surface area (Å²) in [5.41, 5.74) is 0. The maximum Gasteiger partial charge on any atom is 0.245 e. The van der Waals surface area contributed by atoms with Crippen LogP contribution in [0.1, 0.15) is 33.6 Å². The molecule has 2 amide bonds. The summed E-state index contributed by atoms with van der Waals surface area (Å²) in [6.07, 6.45) is 2.68. The lowest BCUT2D eigenvalue weighted by Crippen LogP contribution is -2.35. The normalized spacial score (nSPS) is 9.82. The van der Waals surface area contributed by atoms with Gasteiger partial charge in [0.15, 0.2) is 0 Å². The first-order valence-corrected chi connectivity index (χ1v) is 6.29. The standard InChI is InChI=1S/C13H24N2O2/c1-5-12(16)14(7-3)10-9-11-15(8-4)13(17)6-2/h5H,1,6-11H2,2-4H3. The largest absolute Gasteiger partial charge is 0.343 e. The molecule has 0 spiro atoms. The molecule has 0 saturated carbocycles. The van der Waals surface area contributed by atoms with Gasteiger partial charge < -0.3 is 9.80 Å². The van der Waals surface area contributed by atoms with Gasteiger partial charge in [-0.3, -0.25) is 9.59 Å². The molecule has 17 heavy (non-hydrogen) atoms. The minimum absolute atomic E-state index is 0.0441. The fourth-order valence-electron chi connectivity index (χ4n) is 1.69. The van der Waals surface area contributed by atoms with E-state index in [1.807, 2.05) is 25.7 Å². The van der Waals surface area contributed by atoms with Gasteiger partial charge in [0.1, 0.15) is 0 Å². The number of hydrogen-bond donors (Lipinski definition) is 0. The van der Waals surface area contributed by atoms with Crippen molar-refractivity contribution in [1.29, 1.82) is 0 Å². The lowest BCUT2D eigenvalue weighted by Gasteiger charge is -2.23. The van der Waals surface area contributed by atoms with Gasteiger partial charge >= 0.3 is 0 Å². The number of nitrogens with zero attached hydrogens (tertiary/aromatic N) is 2. The Bertz CT molecular complexity index is 264. The third-order valence-electron chi connectivity index (χ3n) is 2.76. The Morgan fingerprint density at radius 1 is 1.06 bits per heavy atom. The number of likely N-dealkylation sites (N-methyl/N-ethyl adjacent to an activating group) is 1. The quantitative estimate of drug-likeness (QED) is 0.606. The van der Waals surface area contributed by atoms with Crippen LogP contribution in [-0.2, 0) is 9.59 Å². The van der Waals surface area contributed by atoms with E-state index in [9.17, 15) is 9.59 Å². The first-order chi connectivity index (χ1) is 8.10. The molecule has 0 atom stereocenters. The van der Waals surface area contributed by atoms with Crippen molar-refractivity contribution in [3.8, 4) is 0 Å². The van der Waals surface area contributed by atoms with Crippen LogP contribution in [0.5, 0.6) is 0 Å². The summed E-state index contributed by atoms with van der Waals surface area (Å²) in [6, 6.07) is 0. The summed E-state index contributed by atoms with van der Waals surface area (Å²) in [4.78, 5) is 26.5. The van der Waals surface area contributed by atoms with Crippen molar-refractivity contribution >= 4 is 11.8 Å². The molecule has 0 radical (unpaired) electrons. The first kappa shape index (κ1) is 15.7. The van der Waals surface area contributed by atoms with Crippen molar-refractivity contribution in [3.05, 3.63) is 12.7 Å². The lowest BCUT2D eigenvalue weighted by atomic mass is 10.3. The van der Waals surface area contributed by atoms with Gasteiger partial charge in [0.25, 0.3) is 0 Å². The topological polar surface area (TPSA) is 40.6 Å². The van der Waals surface area contributed by atoms with E-state index in [-0.39, 0.29) is 11.8 Å². The summed E-state index contributed by atoms with van der Waals surface area (Å²) in [6.45, 7) is 12.1. The van der Waals surface area contributed by atoms with Gasteiger partial charge in [-0.25, -0.2) is 0 Å². The maximum atomic E-state index is 11.5. The number of hydrogen-bond acceptors (Lipinski definition) is 2. The fraction of sp³-hybridized carbons (Fsp3) is 0.692. The highest BCUT2D eigenvalue weighted by molar-refractivity contribution is 5.86. The van der Waals surface area contributed by atoms with E-state index >= 15 is 0 Å². The van der Waals surface area contributed by atoms with Gasteiger partial charge in [0, 0.05) is 32.6 Å². The Morgan fingerprint density at radius 3 is 2.00 bits per heavy atom. The van der Waals surface area contributed by atoms with Crippen molar-refractivity contribution in [3.63, 3.8) is 0 Å². The van der Waals surface area contributed by atoms with Gasteiger partial charge in [-0.05, 0) is 26.3 Å². The Labute approximate surface area is 104 Å². The first-order valence-electron chi connectivity index (χ1n) is 6.29. The monoisotopic (exact) mass is 240 g/mol. The molecule has 0 fully saturated rings. The number of carbonyl (C=O) groups excluding carboxylic acids is 2. The predicted octanol–water partition coefficient (Wildman–Crippen LogP) is 1.67. The van der Waals surface area contributed by atoms with E-state index in [4.69, 9.17) is 0 Å². The average molecular weight is 240 g/mol. The van der Waals surface area contributed by atoms with Crippen LogP contribution in [0.3, 0.4) is 0 Å². The zero-order chi connectivity index (χ0) is 13.3. The minimum Gasteiger partial charge on any atom is -0.343 e. The molecule has 0 saturated heterocycles. The van der Waals surface area contributed by atoms with Crippen molar-refractivity contribution in [2.75, 3.05) is 26.2 Å². The number of carbonyl (C=O) groups is 2. The highest BCUT2D eigenvalue weighted by Gasteiger charge is 2.11. The Kier molecular flexibility index (Phi) is 8.11. The molecule has 0 aliphatic carbocycles. The molecule has 0 heterocycles. The third kappa shape index (κ3) is 5.52. The third-order valence-corrected chi connectivity index (χ3v) is 2.76. The average Bonchev–Trinajstić information content (AvgIpc) is 2.37. The van der Waals surface area contributed by atoms with Crippen LogP contribution >= 0.6 is 0 Å². The molecule has 4 nitrogen and oxygen atoms in total. The van der Waals surface area contributed by atoms with Crippen molar-refractivity contribution in [2.24, 2.45) is 0 Å². The molecular formula is C13H24N2O2. The SMILES string of the molecule is C=CC(=O)N(CC)CCCN(CC)C(=O)CC. The molecule has 0 aliphatic rings. The van der Waals surface area contributed by atoms with E-state index < -0.39 is 0 Å². The molecule has 98 valence electrons. The smallest absolute Gasteiger partial charge is 0.245 e. The highest BCUT2D eigenvalue weighted by atomic mass is 16.2. The van der Waals surface area contributed by atoms with E-state index in [0.29, 0.717) is 26.1 Å². The second-order valence-electron chi connectivity index (χ2n) is 3.80. The summed E-state index contributed by atoms with van der Waals surface area (Å²) in [5.74, 6) is 0.128. The maximum absolute atomic E-state index is 11.5. The van der Waals surface area contributed by atoms with Crippen molar-refractivity contribution in [1.82, 2.24) is 9.80 Å². The summed E-state index contributed by atoms with van der Waals surface area (Å²) in [7, 11) is 0. The number of amides is 2. The molecule has 0 aromatic rings. The van der Waals surface area contributed by atoms with Gasteiger partial charge in [-0.2, -0.15) is 0 Å². The van der Waals surface area contributed by atoms with Crippen LogP contribution in [0.15, 0.2) is 12.7 Å².